The smallest absolute Gasteiger partial charge is 0.140 e. The van der Waals surface area contributed by atoms with E-state index in [2.05, 4.69) is 19.6 Å². The summed E-state index contributed by atoms with van der Waals surface area (Å²) in [5.41, 5.74) is 0. The van der Waals surface area contributed by atoms with Gasteiger partial charge in [0.25, 0.3) is 0 Å². The van der Waals surface area contributed by atoms with E-state index in [1.165, 1.54) is 6.42 Å². The molecule has 0 saturated heterocycles. The molecule has 0 N–H and O–H groups in total. The zero-order valence-corrected chi connectivity index (χ0v) is 10.7. The van der Waals surface area contributed by atoms with Crippen LogP contribution in [0.2, 0.25) is 24.7 Å². The third-order valence-electron chi connectivity index (χ3n) is 7.12. The molecule has 0 heterocycles. The van der Waals surface area contributed by atoms with E-state index in [-0.39, 0.29) is 0 Å². The molecule has 2 heteroatoms. The highest BCUT2D eigenvalue weighted by Crippen LogP contribution is 2.96. The molecule has 6 aliphatic carbocycles. The molecule has 6 fully saturated rings. The van der Waals surface area contributed by atoms with Crippen molar-refractivity contribution in [2.24, 2.45) is 41.4 Å². The van der Waals surface area contributed by atoms with E-state index in [1.54, 1.807) is 0 Å². The fourth-order valence-electron chi connectivity index (χ4n) is 7.29. The Labute approximate surface area is 91.6 Å². The second-order valence-corrected chi connectivity index (χ2v) is 13.1. The molecule has 8 atom stereocenters. The molecule has 4 bridgehead atoms. The Bertz CT molecular complexity index is 421. The van der Waals surface area contributed by atoms with Gasteiger partial charge in [-0.15, -0.1) is 0 Å². The largest absolute Gasteiger partial charge is 0.299 e. The van der Waals surface area contributed by atoms with Gasteiger partial charge in [-0.3, -0.25) is 4.79 Å². The van der Waals surface area contributed by atoms with Crippen molar-refractivity contribution in [2.45, 2.75) is 31.1 Å². The summed E-state index contributed by atoms with van der Waals surface area (Å²) in [5, 5.41) is 0.296. The molecule has 6 saturated carbocycles. The van der Waals surface area contributed by atoms with E-state index in [0.29, 0.717) is 11.0 Å². The van der Waals surface area contributed by atoms with Crippen LogP contribution in [0, 0.1) is 41.4 Å². The van der Waals surface area contributed by atoms with Crippen LogP contribution in [0.3, 0.4) is 0 Å². The van der Waals surface area contributed by atoms with Crippen molar-refractivity contribution in [1.29, 1.82) is 0 Å². The Balaban J connectivity index is 1.82. The summed E-state index contributed by atoms with van der Waals surface area (Å²) in [7, 11) is -1.29. The first-order chi connectivity index (χ1) is 7.01. The number of hydrogen-bond acceptors (Lipinski definition) is 1. The van der Waals surface area contributed by atoms with Crippen molar-refractivity contribution in [3.05, 3.63) is 0 Å². The Hall–Kier alpha value is -0.113. The number of hydrogen-bond donors (Lipinski definition) is 0. The average Bonchev–Trinajstić information content (AvgIpc) is 2.54. The molecule has 0 amide bonds. The SMILES string of the molecule is C[Si](C)(C)[C@]12C(=O)[C@H]3[C@@H]4C[C@H]5C(C1[C@@H]35)[C@@H]42. The van der Waals surface area contributed by atoms with Gasteiger partial charge in [0.2, 0.25) is 0 Å². The van der Waals surface area contributed by atoms with Crippen molar-refractivity contribution in [3.63, 3.8) is 0 Å². The summed E-state index contributed by atoms with van der Waals surface area (Å²) >= 11 is 0. The van der Waals surface area contributed by atoms with E-state index < -0.39 is 8.07 Å². The predicted octanol–water partition coefficient (Wildman–Crippen LogP) is 2.41. The molecule has 1 nitrogen and oxygen atoms in total. The molecule has 0 aromatic rings. The Morgan fingerprint density at radius 1 is 1.13 bits per heavy atom. The maximum atomic E-state index is 12.7. The molecule has 0 aromatic carbocycles. The topological polar surface area (TPSA) is 17.1 Å². The molecule has 6 aliphatic rings. The summed E-state index contributed by atoms with van der Waals surface area (Å²) in [6.45, 7) is 7.36. The lowest BCUT2D eigenvalue weighted by Gasteiger charge is -2.71. The van der Waals surface area contributed by atoms with Crippen LogP contribution in [0.15, 0.2) is 0 Å². The zero-order chi connectivity index (χ0) is 10.3. The maximum absolute atomic E-state index is 12.7. The molecule has 0 spiro atoms. The quantitative estimate of drug-likeness (QED) is 0.618. The van der Waals surface area contributed by atoms with Gasteiger partial charge in [-0.25, -0.2) is 0 Å². The Morgan fingerprint density at radius 3 is 2.40 bits per heavy atom. The van der Waals surface area contributed by atoms with E-state index in [4.69, 9.17) is 0 Å². The lowest BCUT2D eigenvalue weighted by atomic mass is 9.40. The number of rotatable bonds is 1. The molecule has 80 valence electrons. The Kier molecular flexibility index (Phi) is 0.909. The van der Waals surface area contributed by atoms with Gasteiger partial charge < -0.3 is 0 Å². The van der Waals surface area contributed by atoms with Gasteiger partial charge >= 0.3 is 0 Å². The number of ketones is 1. The highest BCUT2D eigenvalue weighted by molar-refractivity contribution is 6.83. The Morgan fingerprint density at radius 2 is 1.87 bits per heavy atom. The fraction of sp³-hybridized carbons (Fsp3) is 0.923. The van der Waals surface area contributed by atoms with Gasteiger partial charge in [0.15, 0.2) is 0 Å². The number of carbonyl (C=O) groups is 1. The predicted molar refractivity (Wildman–Crippen MR) is 60.1 cm³/mol. The van der Waals surface area contributed by atoms with Crippen LogP contribution in [-0.4, -0.2) is 13.9 Å². The highest BCUT2D eigenvalue weighted by atomic mass is 28.3. The van der Waals surface area contributed by atoms with Gasteiger partial charge in [0.05, 0.1) is 8.07 Å². The minimum atomic E-state index is -1.29. The van der Waals surface area contributed by atoms with E-state index in [1.807, 2.05) is 0 Å². The molecule has 0 aromatic heterocycles. The summed E-state index contributed by atoms with van der Waals surface area (Å²) in [6.07, 6.45) is 1.44. The summed E-state index contributed by atoms with van der Waals surface area (Å²) < 4.78 is 0. The summed E-state index contributed by atoms with van der Waals surface area (Å²) in [4.78, 5) is 12.7. The lowest BCUT2D eigenvalue weighted by molar-refractivity contribution is -0.164. The molecule has 0 aliphatic heterocycles. The minimum absolute atomic E-state index is 0.296. The third-order valence-corrected chi connectivity index (χ3v) is 10.5. The summed E-state index contributed by atoms with van der Waals surface area (Å²) in [5.74, 6) is 6.94. The van der Waals surface area contributed by atoms with Crippen molar-refractivity contribution in [2.75, 3.05) is 0 Å². The van der Waals surface area contributed by atoms with Crippen LogP contribution in [-0.2, 0) is 4.79 Å². The van der Waals surface area contributed by atoms with E-state index in [0.717, 1.165) is 41.3 Å². The van der Waals surface area contributed by atoms with Crippen LogP contribution in [0.25, 0.3) is 0 Å². The van der Waals surface area contributed by atoms with Gasteiger partial charge in [-0.1, -0.05) is 19.6 Å². The highest BCUT2D eigenvalue weighted by Gasteiger charge is 2.94. The average molecular weight is 218 g/mol. The van der Waals surface area contributed by atoms with Crippen LogP contribution in [0.4, 0.5) is 0 Å². The van der Waals surface area contributed by atoms with Gasteiger partial charge in [0, 0.05) is 11.0 Å². The second kappa shape index (κ2) is 1.69. The van der Waals surface area contributed by atoms with Crippen LogP contribution >= 0.6 is 0 Å². The first-order valence-corrected chi connectivity index (χ1v) is 10.1. The van der Waals surface area contributed by atoms with Crippen molar-refractivity contribution in [1.82, 2.24) is 0 Å². The van der Waals surface area contributed by atoms with Gasteiger partial charge in [0.1, 0.15) is 5.78 Å². The van der Waals surface area contributed by atoms with E-state index in [9.17, 15) is 4.79 Å². The molecule has 6 rings (SSSR count). The first kappa shape index (κ1) is 8.05. The van der Waals surface area contributed by atoms with Crippen LogP contribution < -0.4 is 0 Å². The maximum Gasteiger partial charge on any atom is 0.140 e. The standard InChI is InChI=1S/C13H18OSi/c1-15(2,3)13-10-6-4-5-7(8(6)12(13)14)11(13)9(5)10/h5-11H,4H2,1-3H3/t5-,6+,7-,8+,9?,10-,11?,13+/m1/s1. The summed E-state index contributed by atoms with van der Waals surface area (Å²) in [6, 6.07) is 0. The normalized spacial score (nSPS) is 71.1. The van der Waals surface area contributed by atoms with Crippen LogP contribution in [0.1, 0.15) is 6.42 Å². The van der Waals surface area contributed by atoms with Crippen molar-refractivity contribution >= 4 is 13.9 Å². The number of carbonyl (C=O) groups excluding carboxylic acids is 1. The van der Waals surface area contributed by atoms with Crippen LogP contribution in [0.5, 0.6) is 0 Å². The second-order valence-electron chi connectivity index (χ2n) is 7.78. The number of Topliss-reactive ketones (excluding diaryl/α,β-unsaturated/α-hetero) is 1. The van der Waals surface area contributed by atoms with Crippen molar-refractivity contribution in [3.8, 4) is 0 Å². The lowest BCUT2D eigenvalue weighted by Crippen LogP contribution is -2.70. The van der Waals surface area contributed by atoms with Gasteiger partial charge in [-0.05, 0) is 41.9 Å². The first-order valence-electron chi connectivity index (χ1n) is 6.55. The van der Waals surface area contributed by atoms with Crippen molar-refractivity contribution < 1.29 is 4.79 Å². The third kappa shape index (κ3) is 0.439. The molecular formula is C13H18OSi. The molecule has 0 radical (unpaired) electrons. The van der Waals surface area contributed by atoms with E-state index >= 15 is 0 Å². The monoisotopic (exact) mass is 218 g/mol. The zero-order valence-electron chi connectivity index (χ0n) is 9.66. The molecular weight excluding hydrogens is 200 g/mol. The molecule has 2 unspecified atom stereocenters. The fourth-order valence-corrected chi connectivity index (χ4v) is 11.0. The minimum Gasteiger partial charge on any atom is -0.299 e. The van der Waals surface area contributed by atoms with Gasteiger partial charge in [-0.2, -0.15) is 0 Å². The molecule has 15 heavy (non-hydrogen) atoms.